The molecule has 1 unspecified atom stereocenters. The lowest BCUT2D eigenvalue weighted by Gasteiger charge is -2.22. The SMILES string of the molecule is CC(C)(C)Oc1ccc(CC(C)(O)C(=O)O)cc1. The van der Waals surface area contributed by atoms with E-state index in [0.717, 1.165) is 11.3 Å². The maximum absolute atomic E-state index is 10.8. The molecule has 0 spiro atoms. The molecule has 0 radical (unpaired) electrons. The Morgan fingerprint density at radius 3 is 2.06 bits per heavy atom. The number of carbonyl (C=O) groups is 1. The van der Waals surface area contributed by atoms with Crippen LogP contribution in [0.5, 0.6) is 5.75 Å². The Morgan fingerprint density at radius 1 is 1.17 bits per heavy atom. The van der Waals surface area contributed by atoms with Crippen molar-refractivity contribution in [1.82, 2.24) is 0 Å². The summed E-state index contributed by atoms with van der Waals surface area (Å²) in [7, 11) is 0. The lowest BCUT2D eigenvalue weighted by molar-refractivity contribution is -0.156. The van der Waals surface area contributed by atoms with E-state index in [0.29, 0.717) is 0 Å². The zero-order valence-electron chi connectivity index (χ0n) is 11.2. The first-order valence-corrected chi connectivity index (χ1v) is 5.84. The second kappa shape index (κ2) is 4.98. The summed E-state index contributed by atoms with van der Waals surface area (Å²) in [5, 5.41) is 18.5. The molecule has 0 aliphatic carbocycles. The molecule has 0 amide bonds. The number of hydrogen-bond acceptors (Lipinski definition) is 3. The number of carboxylic acids is 1. The number of ether oxygens (including phenoxy) is 1. The highest BCUT2D eigenvalue weighted by atomic mass is 16.5. The quantitative estimate of drug-likeness (QED) is 0.862. The van der Waals surface area contributed by atoms with Gasteiger partial charge in [0.25, 0.3) is 0 Å². The molecule has 18 heavy (non-hydrogen) atoms. The molecule has 4 heteroatoms. The average Bonchev–Trinajstić information content (AvgIpc) is 2.18. The van der Waals surface area contributed by atoms with Crippen LogP contribution in [0.4, 0.5) is 0 Å². The second-order valence-electron chi connectivity index (χ2n) is 5.61. The fourth-order valence-electron chi connectivity index (χ4n) is 1.50. The van der Waals surface area contributed by atoms with Crippen LogP contribution in [0.2, 0.25) is 0 Å². The Bertz CT molecular complexity index is 412. The van der Waals surface area contributed by atoms with Crippen molar-refractivity contribution >= 4 is 5.97 Å². The van der Waals surface area contributed by atoms with Crippen LogP contribution in [-0.4, -0.2) is 27.4 Å². The van der Waals surface area contributed by atoms with Crippen LogP contribution in [-0.2, 0) is 11.2 Å². The summed E-state index contributed by atoms with van der Waals surface area (Å²) in [5.41, 5.74) is -1.26. The van der Waals surface area contributed by atoms with E-state index in [1.54, 1.807) is 24.3 Å². The van der Waals surface area contributed by atoms with Gasteiger partial charge in [-0.2, -0.15) is 0 Å². The van der Waals surface area contributed by atoms with E-state index in [1.807, 2.05) is 20.8 Å². The summed E-state index contributed by atoms with van der Waals surface area (Å²) in [6.07, 6.45) is 0.0676. The summed E-state index contributed by atoms with van der Waals surface area (Å²) < 4.78 is 5.66. The van der Waals surface area contributed by atoms with Gasteiger partial charge in [-0.1, -0.05) is 12.1 Å². The lowest BCUT2D eigenvalue weighted by Crippen LogP contribution is -2.37. The van der Waals surface area contributed by atoms with E-state index < -0.39 is 11.6 Å². The largest absolute Gasteiger partial charge is 0.488 e. The maximum atomic E-state index is 10.8. The summed E-state index contributed by atoms with van der Waals surface area (Å²) in [6.45, 7) is 7.15. The number of aliphatic carboxylic acids is 1. The fraction of sp³-hybridized carbons (Fsp3) is 0.500. The van der Waals surface area contributed by atoms with Crippen LogP contribution in [0.15, 0.2) is 24.3 Å². The molecule has 0 fully saturated rings. The van der Waals surface area contributed by atoms with Crippen molar-refractivity contribution in [3.8, 4) is 5.75 Å². The number of benzene rings is 1. The summed E-state index contributed by atoms with van der Waals surface area (Å²) in [5.74, 6) is -0.501. The van der Waals surface area contributed by atoms with E-state index in [4.69, 9.17) is 9.84 Å². The third kappa shape index (κ3) is 4.37. The van der Waals surface area contributed by atoms with Gasteiger partial charge in [0.2, 0.25) is 0 Å². The molecule has 100 valence electrons. The average molecular weight is 252 g/mol. The minimum atomic E-state index is -1.74. The first-order chi connectivity index (χ1) is 8.10. The highest BCUT2D eigenvalue weighted by molar-refractivity contribution is 5.76. The molecule has 0 saturated carbocycles. The lowest BCUT2D eigenvalue weighted by atomic mass is 9.97. The number of hydrogen-bond donors (Lipinski definition) is 2. The maximum Gasteiger partial charge on any atom is 0.335 e. The third-order valence-electron chi connectivity index (χ3n) is 2.36. The Labute approximate surface area is 107 Å². The molecule has 0 aromatic heterocycles. The molecule has 0 heterocycles. The van der Waals surface area contributed by atoms with Crippen LogP contribution in [0.1, 0.15) is 33.3 Å². The van der Waals surface area contributed by atoms with Gasteiger partial charge in [-0.15, -0.1) is 0 Å². The fourth-order valence-corrected chi connectivity index (χ4v) is 1.50. The normalized spacial score (nSPS) is 14.9. The number of rotatable bonds is 4. The third-order valence-corrected chi connectivity index (χ3v) is 2.36. The van der Waals surface area contributed by atoms with Gasteiger partial charge in [0, 0.05) is 6.42 Å². The molecular weight excluding hydrogens is 232 g/mol. The standard InChI is InChI=1S/C14H20O4/c1-13(2,3)18-11-7-5-10(6-8-11)9-14(4,17)12(15)16/h5-8,17H,9H2,1-4H3,(H,15,16). The van der Waals surface area contributed by atoms with Crippen LogP contribution in [0.25, 0.3) is 0 Å². The van der Waals surface area contributed by atoms with Gasteiger partial charge in [-0.25, -0.2) is 4.79 Å². The summed E-state index contributed by atoms with van der Waals surface area (Å²) in [6, 6.07) is 7.08. The highest BCUT2D eigenvalue weighted by Gasteiger charge is 2.29. The van der Waals surface area contributed by atoms with Crippen molar-refractivity contribution in [2.75, 3.05) is 0 Å². The van der Waals surface area contributed by atoms with Crippen LogP contribution in [0, 0.1) is 0 Å². The van der Waals surface area contributed by atoms with Crippen LogP contribution < -0.4 is 4.74 Å². The van der Waals surface area contributed by atoms with Gasteiger partial charge < -0.3 is 14.9 Å². The van der Waals surface area contributed by atoms with Gasteiger partial charge in [0.15, 0.2) is 5.60 Å². The molecule has 0 aliphatic rings. The molecular formula is C14H20O4. The molecule has 1 aromatic rings. The van der Waals surface area contributed by atoms with Gasteiger partial charge in [0.05, 0.1) is 0 Å². The molecule has 0 aliphatic heterocycles. The van der Waals surface area contributed by atoms with Crippen LogP contribution >= 0.6 is 0 Å². The van der Waals surface area contributed by atoms with E-state index >= 15 is 0 Å². The zero-order valence-corrected chi connectivity index (χ0v) is 11.2. The monoisotopic (exact) mass is 252 g/mol. The first kappa shape index (κ1) is 14.5. The predicted molar refractivity (Wildman–Crippen MR) is 68.8 cm³/mol. The van der Waals surface area contributed by atoms with Crippen molar-refractivity contribution in [3.05, 3.63) is 29.8 Å². The van der Waals surface area contributed by atoms with Crippen molar-refractivity contribution in [3.63, 3.8) is 0 Å². The Balaban J connectivity index is 2.75. The Kier molecular flexibility index (Phi) is 4.02. The minimum absolute atomic E-state index is 0.0676. The van der Waals surface area contributed by atoms with Crippen LogP contribution in [0.3, 0.4) is 0 Å². The molecule has 1 rings (SSSR count). The Morgan fingerprint density at radius 2 is 1.67 bits per heavy atom. The predicted octanol–water partition coefficient (Wildman–Crippen LogP) is 2.24. The van der Waals surface area contributed by atoms with E-state index in [9.17, 15) is 9.90 Å². The number of aliphatic hydroxyl groups is 1. The van der Waals surface area contributed by atoms with Gasteiger partial charge in [-0.3, -0.25) is 0 Å². The second-order valence-corrected chi connectivity index (χ2v) is 5.61. The summed E-state index contributed by atoms with van der Waals surface area (Å²) in [4.78, 5) is 10.8. The van der Waals surface area contributed by atoms with Gasteiger partial charge in [0.1, 0.15) is 11.4 Å². The highest BCUT2D eigenvalue weighted by Crippen LogP contribution is 2.20. The van der Waals surface area contributed by atoms with Crippen molar-refractivity contribution in [2.45, 2.75) is 45.3 Å². The number of carboxylic acid groups (broad SMARTS) is 1. The first-order valence-electron chi connectivity index (χ1n) is 5.84. The minimum Gasteiger partial charge on any atom is -0.488 e. The summed E-state index contributed by atoms with van der Waals surface area (Å²) >= 11 is 0. The Hall–Kier alpha value is -1.55. The van der Waals surface area contributed by atoms with Crippen molar-refractivity contribution in [1.29, 1.82) is 0 Å². The molecule has 1 atom stereocenters. The van der Waals surface area contributed by atoms with E-state index in [-0.39, 0.29) is 12.0 Å². The van der Waals surface area contributed by atoms with Crippen molar-refractivity contribution in [2.24, 2.45) is 0 Å². The van der Waals surface area contributed by atoms with Gasteiger partial charge >= 0.3 is 5.97 Å². The molecule has 0 saturated heterocycles. The molecule has 2 N–H and O–H groups in total. The topological polar surface area (TPSA) is 66.8 Å². The smallest absolute Gasteiger partial charge is 0.335 e. The molecule has 4 nitrogen and oxygen atoms in total. The zero-order chi connectivity index (χ0) is 14.0. The van der Waals surface area contributed by atoms with Crippen molar-refractivity contribution < 1.29 is 19.7 Å². The van der Waals surface area contributed by atoms with E-state index in [2.05, 4.69) is 0 Å². The van der Waals surface area contributed by atoms with Gasteiger partial charge in [-0.05, 0) is 45.4 Å². The molecule has 1 aromatic carbocycles. The molecule has 0 bridgehead atoms. The van der Waals surface area contributed by atoms with E-state index in [1.165, 1.54) is 6.92 Å².